The molecule has 1 aliphatic carbocycles. The van der Waals surface area contributed by atoms with Crippen molar-refractivity contribution in [2.24, 2.45) is 5.92 Å². The van der Waals surface area contributed by atoms with Gasteiger partial charge in [0.15, 0.2) is 0 Å². The van der Waals surface area contributed by atoms with Crippen LogP contribution in [0.1, 0.15) is 58.3 Å². The molecular weight excluding hydrogens is 222 g/mol. The molecule has 104 valence electrons. The van der Waals surface area contributed by atoms with Gasteiger partial charge in [-0.2, -0.15) is 0 Å². The van der Waals surface area contributed by atoms with Crippen LogP contribution in [0.3, 0.4) is 0 Å². The van der Waals surface area contributed by atoms with Crippen LogP contribution in [0, 0.1) is 5.92 Å². The van der Waals surface area contributed by atoms with Crippen LogP contribution in [-0.4, -0.2) is 24.8 Å². The number of ether oxygens (including phenoxy) is 1. The Morgan fingerprint density at radius 1 is 1.39 bits per heavy atom. The topological polar surface area (TPSA) is 21.3 Å². The highest BCUT2D eigenvalue weighted by atomic mass is 16.5. The Hall–Kier alpha value is -0.340. The minimum atomic E-state index is 0.232. The molecule has 2 atom stereocenters. The van der Waals surface area contributed by atoms with Crippen LogP contribution in [-0.2, 0) is 4.74 Å². The monoisotopic (exact) mass is 251 g/mol. The van der Waals surface area contributed by atoms with E-state index in [1.807, 2.05) is 0 Å². The van der Waals surface area contributed by atoms with E-state index in [0.717, 1.165) is 25.5 Å². The van der Waals surface area contributed by atoms with Crippen molar-refractivity contribution in [3.8, 4) is 0 Å². The van der Waals surface area contributed by atoms with Crippen molar-refractivity contribution < 1.29 is 4.74 Å². The van der Waals surface area contributed by atoms with Crippen molar-refractivity contribution in [2.45, 2.75) is 69.9 Å². The summed E-state index contributed by atoms with van der Waals surface area (Å²) in [5, 5.41) is 3.65. The molecular formula is C16H29NO. The average Bonchev–Trinajstić information content (AvgIpc) is 2.39. The van der Waals surface area contributed by atoms with E-state index in [4.69, 9.17) is 4.74 Å². The predicted molar refractivity (Wildman–Crippen MR) is 76.8 cm³/mol. The van der Waals surface area contributed by atoms with Crippen LogP contribution in [0.5, 0.6) is 0 Å². The zero-order chi connectivity index (χ0) is 12.8. The Morgan fingerprint density at radius 3 is 2.83 bits per heavy atom. The first-order valence-electron chi connectivity index (χ1n) is 7.78. The summed E-state index contributed by atoms with van der Waals surface area (Å²) in [6.07, 6.45) is 12.3. The normalized spacial score (nSPS) is 29.1. The van der Waals surface area contributed by atoms with E-state index in [1.165, 1.54) is 44.9 Å². The van der Waals surface area contributed by atoms with Crippen molar-refractivity contribution in [3.63, 3.8) is 0 Å². The van der Waals surface area contributed by atoms with E-state index in [0.29, 0.717) is 6.04 Å². The minimum absolute atomic E-state index is 0.232. The van der Waals surface area contributed by atoms with Gasteiger partial charge < -0.3 is 10.1 Å². The summed E-state index contributed by atoms with van der Waals surface area (Å²) in [5.41, 5.74) is 0.232. The standard InChI is InChI=1S/C16H29NO/c1-3-8-15(17-4-2)14-9-12-18-16(13-14)10-6-5-7-11-16/h3,14-15,17H,1,4-13H2,2H3. The van der Waals surface area contributed by atoms with Gasteiger partial charge in [-0.3, -0.25) is 0 Å². The highest BCUT2D eigenvalue weighted by Crippen LogP contribution is 2.41. The molecule has 2 nitrogen and oxygen atoms in total. The van der Waals surface area contributed by atoms with Crippen molar-refractivity contribution in [1.29, 1.82) is 0 Å². The summed E-state index contributed by atoms with van der Waals surface area (Å²) < 4.78 is 6.19. The lowest BCUT2D eigenvalue weighted by atomic mass is 9.73. The smallest absolute Gasteiger partial charge is 0.0685 e. The van der Waals surface area contributed by atoms with Crippen molar-refractivity contribution >= 4 is 0 Å². The van der Waals surface area contributed by atoms with Gasteiger partial charge in [0, 0.05) is 12.6 Å². The van der Waals surface area contributed by atoms with Crippen LogP contribution >= 0.6 is 0 Å². The van der Waals surface area contributed by atoms with Crippen LogP contribution in [0.15, 0.2) is 12.7 Å². The van der Waals surface area contributed by atoms with Crippen LogP contribution in [0.4, 0.5) is 0 Å². The fraction of sp³-hybridized carbons (Fsp3) is 0.875. The molecule has 1 heterocycles. The molecule has 0 aromatic rings. The van der Waals surface area contributed by atoms with Crippen molar-refractivity contribution in [3.05, 3.63) is 12.7 Å². The van der Waals surface area contributed by atoms with Gasteiger partial charge in [0.2, 0.25) is 0 Å². The fourth-order valence-electron chi connectivity index (χ4n) is 3.84. The van der Waals surface area contributed by atoms with Gasteiger partial charge in [-0.1, -0.05) is 32.3 Å². The highest BCUT2D eigenvalue weighted by Gasteiger charge is 2.40. The zero-order valence-electron chi connectivity index (χ0n) is 11.9. The molecule has 0 amide bonds. The molecule has 2 unspecified atom stereocenters. The lowest BCUT2D eigenvalue weighted by Gasteiger charge is -2.45. The Balaban J connectivity index is 1.97. The van der Waals surface area contributed by atoms with E-state index in [-0.39, 0.29) is 5.60 Å². The Kier molecular flexibility index (Phi) is 5.25. The quantitative estimate of drug-likeness (QED) is 0.753. The van der Waals surface area contributed by atoms with Crippen LogP contribution in [0.25, 0.3) is 0 Å². The van der Waals surface area contributed by atoms with E-state index in [2.05, 4.69) is 24.9 Å². The summed E-state index contributed by atoms with van der Waals surface area (Å²) in [4.78, 5) is 0. The molecule has 1 aliphatic heterocycles. The predicted octanol–water partition coefficient (Wildman–Crippen LogP) is 3.67. The molecule has 2 aliphatic rings. The number of hydrogen-bond acceptors (Lipinski definition) is 2. The van der Waals surface area contributed by atoms with Crippen LogP contribution in [0.2, 0.25) is 0 Å². The first kappa shape index (κ1) is 14.1. The van der Waals surface area contributed by atoms with Gasteiger partial charge in [0.25, 0.3) is 0 Å². The van der Waals surface area contributed by atoms with E-state index >= 15 is 0 Å². The summed E-state index contributed by atoms with van der Waals surface area (Å²) >= 11 is 0. The number of rotatable bonds is 5. The Labute approximate surface area is 112 Å². The van der Waals surface area contributed by atoms with E-state index in [9.17, 15) is 0 Å². The summed E-state index contributed by atoms with van der Waals surface area (Å²) in [6.45, 7) is 8.13. The Bertz CT molecular complexity index is 252. The van der Waals surface area contributed by atoms with Gasteiger partial charge in [-0.15, -0.1) is 6.58 Å². The second-order valence-electron chi connectivity index (χ2n) is 6.03. The molecule has 18 heavy (non-hydrogen) atoms. The lowest BCUT2D eigenvalue weighted by Crippen LogP contribution is -2.47. The van der Waals surface area contributed by atoms with Gasteiger partial charge in [0.05, 0.1) is 5.60 Å². The maximum Gasteiger partial charge on any atom is 0.0685 e. The molecule has 2 fully saturated rings. The highest BCUT2D eigenvalue weighted by molar-refractivity contribution is 4.94. The van der Waals surface area contributed by atoms with Gasteiger partial charge in [0.1, 0.15) is 0 Å². The largest absolute Gasteiger partial charge is 0.375 e. The first-order chi connectivity index (χ1) is 8.79. The Morgan fingerprint density at radius 2 is 2.17 bits per heavy atom. The molecule has 1 spiro atoms. The molecule has 0 radical (unpaired) electrons. The van der Waals surface area contributed by atoms with E-state index in [1.54, 1.807) is 0 Å². The molecule has 1 N–H and O–H groups in total. The third-order valence-electron chi connectivity index (χ3n) is 4.75. The minimum Gasteiger partial charge on any atom is -0.375 e. The first-order valence-corrected chi connectivity index (χ1v) is 7.78. The molecule has 0 aromatic heterocycles. The lowest BCUT2D eigenvalue weighted by molar-refractivity contribution is -0.121. The second kappa shape index (κ2) is 6.72. The number of hydrogen-bond donors (Lipinski definition) is 1. The summed E-state index contributed by atoms with van der Waals surface area (Å²) in [6, 6.07) is 0.607. The molecule has 1 saturated carbocycles. The fourth-order valence-corrected chi connectivity index (χ4v) is 3.84. The van der Waals surface area contributed by atoms with Gasteiger partial charge in [-0.05, 0) is 44.6 Å². The molecule has 0 aromatic carbocycles. The SMILES string of the molecule is C=CCC(NCC)C1CCOC2(CCCCC2)C1. The van der Waals surface area contributed by atoms with Crippen molar-refractivity contribution in [1.82, 2.24) is 5.32 Å². The van der Waals surface area contributed by atoms with Crippen LogP contribution < -0.4 is 5.32 Å². The number of nitrogens with one attached hydrogen (secondary N) is 1. The zero-order valence-corrected chi connectivity index (χ0v) is 11.9. The van der Waals surface area contributed by atoms with Crippen molar-refractivity contribution in [2.75, 3.05) is 13.2 Å². The average molecular weight is 251 g/mol. The molecule has 2 heteroatoms. The maximum atomic E-state index is 6.19. The molecule has 1 saturated heterocycles. The molecule has 0 bridgehead atoms. The summed E-state index contributed by atoms with van der Waals surface area (Å²) in [5.74, 6) is 0.773. The van der Waals surface area contributed by atoms with Gasteiger partial charge >= 0.3 is 0 Å². The second-order valence-corrected chi connectivity index (χ2v) is 6.03. The van der Waals surface area contributed by atoms with Gasteiger partial charge in [-0.25, -0.2) is 0 Å². The molecule has 2 rings (SSSR count). The summed E-state index contributed by atoms with van der Waals surface area (Å²) in [7, 11) is 0. The van der Waals surface area contributed by atoms with E-state index < -0.39 is 0 Å². The third kappa shape index (κ3) is 3.36. The third-order valence-corrected chi connectivity index (χ3v) is 4.75. The maximum absolute atomic E-state index is 6.19.